The van der Waals surface area contributed by atoms with Crippen LogP contribution in [0.3, 0.4) is 0 Å². The molecule has 2 fully saturated rings. The van der Waals surface area contributed by atoms with Crippen molar-refractivity contribution in [3.63, 3.8) is 0 Å². The molecule has 152 valence electrons. The van der Waals surface area contributed by atoms with Crippen LogP contribution in [0.25, 0.3) is 0 Å². The van der Waals surface area contributed by atoms with E-state index in [0.717, 1.165) is 23.7 Å². The third-order valence-corrected chi connectivity index (χ3v) is 7.16. The molecule has 2 aliphatic carbocycles. The van der Waals surface area contributed by atoms with Gasteiger partial charge < -0.3 is 4.74 Å². The van der Waals surface area contributed by atoms with Crippen molar-refractivity contribution in [1.29, 1.82) is 0 Å². The van der Waals surface area contributed by atoms with Crippen molar-refractivity contribution in [3.05, 3.63) is 29.8 Å². The summed E-state index contributed by atoms with van der Waals surface area (Å²) in [6.45, 7) is 2.25. The average Bonchev–Trinajstić information content (AvgIpc) is 2.68. The lowest BCUT2D eigenvalue weighted by atomic mass is 9.66. The molecule has 0 radical (unpaired) electrons. The predicted molar refractivity (Wildman–Crippen MR) is 108 cm³/mol. The van der Waals surface area contributed by atoms with Crippen LogP contribution in [-0.4, -0.2) is 13.0 Å². The summed E-state index contributed by atoms with van der Waals surface area (Å²) >= 11 is 0. The molecule has 3 rings (SSSR count). The molecule has 0 saturated heterocycles. The minimum absolute atomic E-state index is 0.0782. The minimum Gasteiger partial charge on any atom is -0.497 e. The zero-order chi connectivity index (χ0) is 19.3. The summed E-state index contributed by atoms with van der Waals surface area (Å²) in [5.74, 6) is -0.906. The maximum absolute atomic E-state index is 15.0. The molecular formula is C24H36F2O. The van der Waals surface area contributed by atoms with Crippen molar-refractivity contribution in [2.45, 2.75) is 89.4 Å². The molecule has 0 N–H and O–H groups in total. The summed E-state index contributed by atoms with van der Waals surface area (Å²) in [6, 6.07) is 7.24. The maximum Gasteiger partial charge on any atom is 0.255 e. The maximum atomic E-state index is 15.0. The quantitative estimate of drug-likeness (QED) is 0.444. The highest BCUT2D eigenvalue weighted by atomic mass is 19.3. The third-order valence-electron chi connectivity index (χ3n) is 7.16. The van der Waals surface area contributed by atoms with E-state index < -0.39 is 11.8 Å². The Morgan fingerprint density at radius 1 is 0.926 bits per heavy atom. The van der Waals surface area contributed by atoms with E-state index in [4.69, 9.17) is 4.74 Å². The van der Waals surface area contributed by atoms with E-state index in [9.17, 15) is 8.78 Å². The van der Waals surface area contributed by atoms with Crippen LogP contribution in [-0.2, 0) is 0 Å². The number of hydrogen-bond acceptors (Lipinski definition) is 1. The molecule has 0 spiro atoms. The van der Waals surface area contributed by atoms with Gasteiger partial charge in [-0.25, -0.2) is 8.78 Å². The van der Waals surface area contributed by atoms with E-state index in [1.807, 2.05) is 12.1 Å². The fourth-order valence-electron chi connectivity index (χ4n) is 5.47. The molecule has 0 heterocycles. The summed E-state index contributed by atoms with van der Waals surface area (Å²) in [6.07, 6.45) is 11.8. The van der Waals surface area contributed by atoms with Crippen molar-refractivity contribution in [1.82, 2.24) is 0 Å². The van der Waals surface area contributed by atoms with Crippen LogP contribution in [0, 0.1) is 17.8 Å². The molecule has 0 bridgehead atoms. The van der Waals surface area contributed by atoms with Gasteiger partial charge >= 0.3 is 0 Å². The van der Waals surface area contributed by atoms with Crippen molar-refractivity contribution < 1.29 is 13.5 Å². The van der Waals surface area contributed by atoms with Crippen LogP contribution >= 0.6 is 0 Å². The smallest absolute Gasteiger partial charge is 0.255 e. The molecule has 0 aliphatic heterocycles. The van der Waals surface area contributed by atoms with Gasteiger partial charge in [0, 0.05) is 12.3 Å². The van der Waals surface area contributed by atoms with Crippen LogP contribution in [0.1, 0.15) is 89.0 Å². The number of ether oxygens (including phenoxy) is 1. The molecule has 2 atom stereocenters. The van der Waals surface area contributed by atoms with Gasteiger partial charge in [0.05, 0.1) is 7.11 Å². The lowest BCUT2D eigenvalue weighted by molar-refractivity contribution is -0.0845. The Morgan fingerprint density at radius 3 is 2.19 bits per heavy atom. The molecule has 1 nitrogen and oxygen atoms in total. The molecule has 1 aromatic rings. The third kappa shape index (κ3) is 5.23. The first-order valence-corrected chi connectivity index (χ1v) is 11.0. The van der Waals surface area contributed by atoms with Gasteiger partial charge in [0.1, 0.15) is 5.75 Å². The number of halogens is 2. The summed E-state index contributed by atoms with van der Waals surface area (Å²) in [7, 11) is 1.60. The normalized spacial score (nSPS) is 30.8. The van der Waals surface area contributed by atoms with E-state index in [0.29, 0.717) is 12.3 Å². The summed E-state index contributed by atoms with van der Waals surface area (Å²) in [5, 5.41) is 0. The first kappa shape index (κ1) is 20.6. The largest absolute Gasteiger partial charge is 0.497 e. The highest BCUT2D eigenvalue weighted by molar-refractivity contribution is 5.31. The number of alkyl halides is 2. The van der Waals surface area contributed by atoms with Gasteiger partial charge in [-0.05, 0) is 61.1 Å². The predicted octanol–water partition coefficient (Wildman–Crippen LogP) is 7.60. The van der Waals surface area contributed by atoms with Crippen LogP contribution in [0.4, 0.5) is 8.78 Å². The lowest BCUT2D eigenvalue weighted by Gasteiger charge is -2.41. The van der Waals surface area contributed by atoms with Crippen molar-refractivity contribution in [2.24, 2.45) is 17.8 Å². The minimum atomic E-state index is -2.59. The average molecular weight is 379 g/mol. The molecule has 3 heteroatoms. The topological polar surface area (TPSA) is 9.23 Å². The Hall–Kier alpha value is -1.12. The van der Waals surface area contributed by atoms with Crippen LogP contribution < -0.4 is 4.74 Å². The molecule has 1 aromatic carbocycles. The van der Waals surface area contributed by atoms with Gasteiger partial charge in [-0.1, -0.05) is 57.6 Å². The van der Waals surface area contributed by atoms with E-state index >= 15 is 0 Å². The fourth-order valence-corrected chi connectivity index (χ4v) is 5.47. The highest BCUT2D eigenvalue weighted by Gasteiger charge is 2.47. The Morgan fingerprint density at radius 2 is 1.59 bits per heavy atom. The molecule has 0 unspecified atom stereocenters. The van der Waals surface area contributed by atoms with Crippen molar-refractivity contribution >= 4 is 0 Å². The summed E-state index contributed by atoms with van der Waals surface area (Å²) in [5.41, 5.74) is 0.763. The highest BCUT2D eigenvalue weighted by Crippen LogP contribution is 2.51. The van der Waals surface area contributed by atoms with Crippen LogP contribution in [0.2, 0.25) is 0 Å². The summed E-state index contributed by atoms with van der Waals surface area (Å²) < 4.78 is 35.1. The van der Waals surface area contributed by atoms with Gasteiger partial charge in [0.15, 0.2) is 0 Å². The van der Waals surface area contributed by atoms with Gasteiger partial charge in [0.25, 0.3) is 5.92 Å². The Labute approximate surface area is 163 Å². The Kier molecular flexibility index (Phi) is 7.16. The molecule has 2 aliphatic rings. The van der Waals surface area contributed by atoms with E-state index in [2.05, 4.69) is 6.92 Å². The monoisotopic (exact) mass is 378 g/mol. The van der Waals surface area contributed by atoms with Gasteiger partial charge in [-0.3, -0.25) is 0 Å². The number of benzene rings is 1. The molecule has 0 amide bonds. The molecular weight excluding hydrogens is 342 g/mol. The Bertz CT molecular complexity index is 560. The van der Waals surface area contributed by atoms with E-state index in [1.54, 1.807) is 19.2 Å². The number of rotatable bonds is 7. The van der Waals surface area contributed by atoms with E-state index in [1.165, 1.54) is 51.4 Å². The zero-order valence-corrected chi connectivity index (χ0v) is 17.1. The number of unbranched alkanes of at least 4 members (excludes halogenated alkanes) is 2. The fraction of sp³-hybridized carbons (Fsp3) is 0.750. The zero-order valence-electron chi connectivity index (χ0n) is 17.1. The first-order valence-electron chi connectivity index (χ1n) is 11.0. The van der Waals surface area contributed by atoms with Crippen LogP contribution in [0.15, 0.2) is 24.3 Å². The van der Waals surface area contributed by atoms with Gasteiger partial charge in [-0.15, -0.1) is 0 Å². The van der Waals surface area contributed by atoms with Crippen LogP contribution in [0.5, 0.6) is 5.75 Å². The second-order valence-electron chi connectivity index (χ2n) is 8.90. The SMILES string of the molecule is CCCCC[C@H]1CC[C@H]([C@H]2CC[C@H](c3ccc(OC)cc3)C(F)(F)C2)CC1. The molecule has 0 aromatic heterocycles. The van der Waals surface area contributed by atoms with Crippen molar-refractivity contribution in [2.75, 3.05) is 7.11 Å². The number of methoxy groups -OCH3 is 1. The Balaban J connectivity index is 1.53. The summed E-state index contributed by atoms with van der Waals surface area (Å²) in [4.78, 5) is 0. The molecule has 2 saturated carbocycles. The number of hydrogen-bond donors (Lipinski definition) is 0. The van der Waals surface area contributed by atoms with Gasteiger partial charge in [0.2, 0.25) is 0 Å². The van der Waals surface area contributed by atoms with Crippen molar-refractivity contribution in [3.8, 4) is 5.75 Å². The first-order chi connectivity index (χ1) is 13.0. The van der Waals surface area contributed by atoms with Gasteiger partial charge in [-0.2, -0.15) is 0 Å². The second kappa shape index (κ2) is 9.39. The standard InChI is InChI=1S/C24H36F2O/c1-3-4-5-6-18-7-9-19(10-8-18)21-13-16-23(24(25,26)17-21)20-11-14-22(27-2)15-12-20/h11-12,14-15,18-19,21,23H,3-10,13,16-17H2,1-2H3/t18-,19-,21-,23+/m0/s1. The lowest BCUT2D eigenvalue weighted by Crippen LogP contribution is -2.37. The molecule has 27 heavy (non-hydrogen) atoms. The van der Waals surface area contributed by atoms with E-state index in [-0.39, 0.29) is 12.3 Å². The second-order valence-corrected chi connectivity index (χ2v) is 8.90.